The molecule has 92 valence electrons. The average Bonchev–Trinajstić information content (AvgIpc) is 2.28. The number of aryl methyl sites for hydroxylation is 3. The summed E-state index contributed by atoms with van der Waals surface area (Å²) in [4.78, 5) is 12.3. The van der Waals surface area contributed by atoms with E-state index in [4.69, 9.17) is 0 Å². The maximum Gasteiger partial charge on any atom is 0.256 e. The van der Waals surface area contributed by atoms with Crippen molar-refractivity contribution >= 4 is 11.6 Å². The van der Waals surface area contributed by atoms with Crippen LogP contribution in [0.5, 0.6) is 0 Å². The standard InChI is InChI=1S/C16H17NO/c1-11-6-4-9-14(10-11)17-16(18)15-12(2)7-5-8-13(15)3/h4-10H,1-3H3,(H,17,18). The number of hydrogen-bond acceptors (Lipinski definition) is 1. The van der Waals surface area contributed by atoms with Gasteiger partial charge in [-0.05, 0) is 49.6 Å². The molecule has 2 heteroatoms. The van der Waals surface area contributed by atoms with Gasteiger partial charge in [-0.2, -0.15) is 0 Å². The number of carbonyl (C=O) groups excluding carboxylic acids is 1. The van der Waals surface area contributed by atoms with Crippen LogP contribution in [0.1, 0.15) is 27.0 Å². The van der Waals surface area contributed by atoms with Gasteiger partial charge >= 0.3 is 0 Å². The van der Waals surface area contributed by atoms with Gasteiger partial charge in [-0.15, -0.1) is 0 Å². The van der Waals surface area contributed by atoms with Crippen LogP contribution in [0.25, 0.3) is 0 Å². The third-order valence-electron chi connectivity index (χ3n) is 2.98. The van der Waals surface area contributed by atoms with E-state index in [2.05, 4.69) is 5.32 Å². The van der Waals surface area contributed by atoms with Gasteiger partial charge in [-0.3, -0.25) is 4.79 Å². The molecular weight excluding hydrogens is 222 g/mol. The fourth-order valence-electron chi connectivity index (χ4n) is 2.09. The van der Waals surface area contributed by atoms with Crippen molar-refractivity contribution in [3.63, 3.8) is 0 Å². The number of benzene rings is 2. The highest BCUT2D eigenvalue weighted by atomic mass is 16.1. The largest absolute Gasteiger partial charge is 0.322 e. The Bertz CT molecular complexity index is 567. The van der Waals surface area contributed by atoms with Gasteiger partial charge in [0, 0.05) is 11.3 Å². The first kappa shape index (κ1) is 12.4. The molecule has 0 saturated heterocycles. The molecule has 0 aromatic heterocycles. The molecule has 0 radical (unpaired) electrons. The van der Waals surface area contributed by atoms with E-state index in [9.17, 15) is 4.79 Å². The summed E-state index contributed by atoms with van der Waals surface area (Å²) in [6.45, 7) is 5.92. The van der Waals surface area contributed by atoms with Gasteiger partial charge < -0.3 is 5.32 Å². The Morgan fingerprint density at radius 3 is 2.17 bits per heavy atom. The van der Waals surface area contributed by atoms with Gasteiger partial charge in [-0.25, -0.2) is 0 Å². The Morgan fingerprint density at radius 2 is 1.56 bits per heavy atom. The summed E-state index contributed by atoms with van der Waals surface area (Å²) in [5.74, 6) is -0.0452. The van der Waals surface area contributed by atoms with Crippen LogP contribution in [-0.2, 0) is 0 Å². The third kappa shape index (κ3) is 2.59. The second-order valence-electron chi connectivity index (χ2n) is 4.59. The minimum Gasteiger partial charge on any atom is -0.322 e. The first-order chi connectivity index (χ1) is 8.58. The molecule has 2 aromatic rings. The number of hydrogen-bond donors (Lipinski definition) is 1. The van der Waals surface area contributed by atoms with Crippen LogP contribution in [-0.4, -0.2) is 5.91 Å². The van der Waals surface area contributed by atoms with Crippen molar-refractivity contribution in [2.75, 3.05) is 5.32 Å². The zero-order chi connectivity index (χ0) is 13.1. The smallest absolute Gasteiger partial charge is 0.256 e. The van der Waals surface area contributed by atoms with Crippen LogP contribution in [0.2, 0.25) is 0 Å². The number of nitrogens with one attached hydrogen (secondary N) is 1. The van der Waals surface area contributed by atoms with Crippen molar-refractivity contribution in [1.82, 2.24) is 0 Å². The molecule has 0 fully saturated rings. The molecular formula is C16H17NO. The molecule has 0 aliphatic carbocycles. The molecule has 2 rings (SSSR count). The fraction of sp³-hybridized carbons (Fsp3) is 0.188. The fourth-order valence-corrected chi connectivity index (χ4v) is 2.09. The summed E-state index contributed by atoms with van der Waals surface area (Å²) < 4.78 is 0. The quantitative estimate of drug-likeness (QED) is 0.847. The molecule has 1 amide bonds. The van der Waals surface area contributed by atoms with E-state index in [0.717, 1.165) is 27.9 Å². The van der Waals surface area contributed by atoms with Crippen LogP contribution in [0, 0.1) is 20.8 Å². The zero-order valence-electron chi connectivity index (χ0n) is 10.9. The maximum absolute atomic E-state index is 12.3. The van der Waals surface area contributed by atoms with Crippen LogP contribution in [0.3, 0.4) is 0 Å². The monoisotopic (exact) mass is 239 g/mol. The first-order valence-corrected chi connectivity index (χ1v) is 6.02. The van der Waals surface area contributed by atoms with E-state index < -0.39 is 0 Å². The second-order valence-corrected chi connectivity index (χ2v) is 4.59. The number of carbonyl (C=O) groups is 1. The summed E-state index contributed by atoms with van der Waals surface area (Å²) in [6, 6.07) is 13.7. The van der Waals surface area contributed by atoms with Crippen molar-refractivity contribution < 1.29 is 4.79 Å². The topological polar surface area (TPSA) is 29.1 Å². The van der Waals surface area contributed by atoms with E-state index in [1.165, 1.54) is 0 Å². The lowest BCUT2D eigenvalue weighted by Crippen LogP contribution is -2.14. The molecule has 2 aromatic carbocycles. The molecule has 0 spiro atoms. The lowest BCUT2D eigenvalue weighted by Gasteiger charge is -2.10. The minimum absolute atomic E-state index is 0.0452. The Kier molecular flexibility index (Phi) is 3.47. The van der Waals surface area contributed by atoms with Crippen molar-refractivity contribution in [3.05, 3.63) is 64.7 Å². The maximum atomic E-state index is 12.3. The first-order valence-electron chi connectivity index (χ1n) is 6.02. The van der Waals surface area contributed by atoms with Gasteiger partial charge in [0.2, 0.25) is 0 Å². The Balaban J connectivity index is 2.28. The van der Waals surface area contributed by atoms with Gasteiger partial charge in [-0.1, -0.05) is 30.3 Å². The molecule has 0 saturated carbocycles. The summed E-state index contributed by atoms with van der Waals surface area (Å²) in [5.41, 5.74) is 4.73. The van der Waals surface area contributed by atoms with Crippen molar-refractivity contribution in [3.8, 4) is 0 Å². The summed E-state index contributed by atoms with van der Waals surface area (Å²) in [6.07, 6.45) is 0. The van der Waals surface area contributed by atoms with E-state index in [0.29, 0.717) is 0 Å². The molecule has 0 aliphatic rings. The van der Waals surface area contributed by atoms with Crippen molar-refractivity contribution in [2.24, 2.45) is 0 Å². The molecule has 18 heavy (non-hydrogen) atoms. The molecule has 0 bridgehead atoms. The van der Waals surface area contributed by atoms with Gasteiger partial charge in [0.1, 0.15) is 0 Å². The Hall–Kier alpha value is -2.09. The Labute approximate surface area is 108 Å². The number of anilines is 1. The van der Waals surface area contributed by atoms with Crippen LogP contribution < -0.4 is 5.32 Å². The van der Waals surface area contributed by atoms with E-state index in [1.807, 2.05) is 63.2 Å². The highest BCUT2D eigenvalue weighted by molar-refractivity contribution is 6.06. The molecule has 0 aliphatic heterocycles. The van der Waals surface area contributed by atoms with Crippen molar-refractivity contribution in [1.29, 1.82) is 0 Å². The normalized spacial score (nSPS) is 10.2. The lowest BCUT2D eigenvalue weighted by atomic mass is 10.0. The van der Waals surface area contributed by atoms with E-state index in [1.54, 1.807) is 0 Å². The highest BCUT2D eigenvalue weighted by Crippen LogP contribution is 2.16. The zero-order valence-corrected chi connectivity index (χ0v) is 10.9. The molecule has 0 heterocycles. The summed E-state index contributed by atoms with van der Waals surface area (Å²) >= 11 is 0. The SMILES string of the molecule is Cc1cccc(NC(=O)c2c(C)cccc2C)c1. The van der Waals surface area contributed by atoms with Crippen LogP contribution >= 0.6 is 0 Å². The predicted molar refractivity (Wildman–Crippen MR) is 75.0 cm³/mol. The second kappa shape index (κ2) is 5.05. The average molecular weight is 239 g/mol. The van der Waals surface area contributed by atoms with Crippen LogP contribution in [0.4, 0.5) is 5.69 Å². The van der Waals surface area contributed by atoms with Crippen molar-refractivity contribution in [2.45, 2.75) is 20.8 Å². The predicted octanol–water partition coefficient (Wildman–Crippen LogP) is 3.86. The van der Waals surface area contributed by atoms with E-state index in [-0.39, 0.29) is 5.91 Å². The molecule has 1 N–H and O–H groups in total. The molecule has 0 unspecified atom stereocenters. The lowest BCUT2D eigenvalue weighted by molar-refractivity contribution is 0.102. The molecule has 2 nitrogen and oxygen atoms in total. The van der Waals surface area contributed by atoms with Gasteiger partial charge in [0.05, 0.1) is 0 Å². The molecule has 0 atom stereocenters. The van der Waals surface area contributed by atoms with Crippen LogP contribution in [0.15, 0.2) is 42.5 Å². The highest BCUT2D eigenvalue weighted by Gasteiger charge is 2.11. The van der Waals surface area contributed by atoms with Gasteiger partial charge in [0.15, 0.2) is 0 Å². The van der Waals surface area contributed by atoms with Gasteiger partial charge in [0.25, 0.3) is 5.91 Å². The van der Waals surface area contributed by atoms with E-state index >= 15 is 0 Å². The number of amides is 1. The summed E-state index contributed by atoms with van der Waals surface area (Å²) in [5, 5.41) is 2.94. The summed E-state index contributed by atoms with van der Waals surface area (Å²) in [7, 11) is 0. The minimum atomic E-state index is -0.0452. The Morgan fingerprint density at radius 1 is 0.944 bits per heavy atom. The third-order valence-corrected chi connectivity index (χ3v) is 2.98. The number of rotatable bonds is 2.